The number of aryl methyl sites for hydroxylation is 2. The summed E-state index contributed by atoms with van der Waals surface area (Å²) in [5.41, 5.74) is 4.82. The highest BCUT2D eigenvalue weighted by molar-refractivity contribution is 6.30. The zero-order chi connectivity index (χ0) is 20.5. The molecule has 2 heterocycles. The first-order valence-electron chi connectivity index (χ1n) is 9.15. The minimum absolute atomic E-state index is 0.180. The number of hydrogen-bond acceptors (Lipinski definition) is 3. The van der Waals surface area contributed by atoms with Crippen LogP contribution in [0, 0.1) is 13.8 Å². The third-order valence-electron chi connectivity index (χ3n) is 4.87. The Balaban J connectivity index is 1.69. The fourth-order valence-corrected chi connectivity index (χ4v) is 3.69. The lowest BCUT2D eigenvalue weighted by Crippen LogP contribution is -2.14. The van der Waals surface area contributed by atoms with E-state index in [0.717, 1.165) is 22.6 Å². The second-order valence-corrected chi connectivity index (χ2v) is 7.30. The number of carbonyl (C=O) groups excluding carboxylic acids is 1. The summed E-state index contributed by atoms with van der Waals surface area (Å²) in [6.45, 7) is 3.90. The highest BCUT2D eigenvalue weighted by Gasteiger charge is 2.19. The van der Waals surface area contributed by atoms with Crippen molar-refractivity contribution in [2.24, 2.45) is 7.05 Å². The Morgan fingerprint density at radius 3 is 2.59 bits per heavy atom. The molecule has 0 fully saturated rings. The van der Waals surface area contributed by atoms with Gasteiger partial charge in [0.1, 0.15) is 6.33 Å². The van der Waals surface area contributed by atoms with E-state index >= 15 is 0 Å². The van der Waals surface area contributed by atoms with Gasteiger partial charge in [-0.2, -0.15) is 0 Å². The molecule has 4 aromatic rings. The van der Waals surface area contributed by atoms with E-state index in [1.165, 1.54) is 0 Å². The lowest BCUT2D eigenvalue weighted by molar-refractivity contribution is 0.102. The molecule has 29 heavy (non-hydrogen) atoms. The Kier molecular flexibility index (Phi) is 4.94. The summed E-state index contributed by atoms with van der Waals surface area (Å²) in [4.78, 5) is 13.1. The Morgan fingerprint density at radius 2 is 1.86 bits per heavy atom. The van der Waals surface area contributed by atoms with E-state index in [1.807, 2.05) is 84.6 Å². The molecule has 4 rings (SSSR count). The molecule has 2 aromatic carbocycles. The van der Waals surface area contributed by atoms with Crippen molar-refractivity contribution >= 4 is 23.2 Å². The van der Waals surface area contributed by atoms with Crippen molar-refractivity contribution in [1.82, 2.24) is 19.3 Å². The molecule has 2 aromatic heterocycles. The Morgan fingerprint density at radius 1 is 1.07 bits per heavy atom. The summed E-state index contributed by atoms with van der Waals surface area (Å²) in [5, 5.41) is 11.8. The van der Waals surface area contributed by atoms with Crippen LogP contribution in [0.25, 0.3) is 17.1 Å². The van der Waals surface area contributed by atoms with Gasteiger partial charge >= 0.3 is 0 Å². The fraction of sp³-hybridized carbons (Fsp3) is 0.136. The molecule has 0 aliphatic rings. The molecule has 0 saturated carbocycles. The first-order valence-corrected chi connectivity index (χ1v) is 9.53. The maximum Gasteiger partial charge on any atom is 0.257 e. The fourth-order valence-electron chi connectivity index (χ4n) is 3.51. The van der Waals surface area contributed by atoms with Crippen molar-refractivity contribution in [2.75, 3.05) is 5.32 Å². The predicted molar refractivity (Wildman–Crippen MR) is 115 cm³/mol. The van der Waals surface area contributed by atoms with Crippen molar-refractivity contribution in [3.63, 3.8) is 0 Å². The van der Waals surface area contributed by atoms with E-state index in [9.17, 15) is 4.79 Å². The van der Waals surface area contributed by atoms with E-state index < -0.39 is 0 Å². The molecule has 0 radical (unpaired) electrons. The van der Waals surface area contributed by atoms with Gasteiger partial charge in [0.25, 0.3) is 5.91 Å². The molecule has 0 bridgehead atoms. The van der Waals surface area contributed by atoms with Gasteiger partial charge in [-0.05, 0) is 50.2 Å². The summed E-state index contributed by atoms with van der Waals surface area (Å²) in [7, 11) is 1.87. The summed E-state index contributed by atoms with van der Waals surface area (Å²) < 4.78 is 3.84. The SMILES string of the molecule is Cc1cc(C(=O)Nc2ccccc2-c2nncn2C)c(C)n1-c1cccc(Cl)c1. The Bertz CT molecular complexity index is 1210. The van der Waals surface area contributed by atoms with Crippen molar-refractivity contribution in [3.8, 4) is 17.1 Å². The van der Waals surface area contributed by atoms with Crippen LogP contribution in [-0.4, -0.2) is 25.2 Å². The average Bonchev–Trinajstić information content (AvgIpc) is 3.25. The monoisotopic (exact) mass is 405 g/mol. The molecule has 0 saturated heterocycles. The minimum Gasteiger partial charge on any atom is -0.321 e. The third kappa shape index (κ3) is 3.54. The second kappa shape index (κ2) is 7.56. The average molecular weight is 406 g/mol. The molecule has 0 atom stereocenters. The normalized spacial score (nSPS) is 10.9. The maximum atomic E-state index is 13.1. The maximum absolute atomic E-state index is 13.1. The van der Waals surface area contributed by atoms with Gasteiger partial charge in [-0.25, -0.2) is 0 Å². The molecule has 1 N–H and O–H groups in total. The van der Waals surface area contributed by atoms with Crippen LogP contribution in [0.4, 0.5) is 5.69 Å². The molecular weight excluding hydrogens is 386 g/mol. The van der Waals surface area contributed by atoms with E-state index in [0.29, 0.717) is 22.1 Å². The van der Waals surface area contributed by atoms with Crippen LogP contribution >= 0.6 is 11.6 Å². The molecule has 0 aliphatic heterocycles. The van der Waals surface area contributed by atoms with Gasteiger partial charge in [0.05, 0.1) is 11.3 Å². The second-order valence-electron chi connectivity index (χ2n) is 6.87. The lowest BCUT2D eigenvalue weighted by atomic mass is 10.1. The molecule has 146 valence electrons. The van der Waals surface area contributed by atoms with Crippen molar-refractivity contribution < 1.29 is 4.79 Å². The Hall–Kier alpha value is -3.38. The van der Waals surface area contributed by atoms with E-state index in [-0.39, 0.29) is 5.91 Å². The summed E-state index contributed by atoms with van der Waals surface area (Å²) in [5.74, 6) is 0.506. The quantitative estimate of drug-likeness (QED) is 0.530. The van der Waals surface area contributed by atoms with E-state index in [4.69, 9.17) is 11.6 Å². The highest BCUT2D eigenvalue weighted by atomic mass is 35.5. The highest BCUT2D eigenvalue weighted by Crippen LogP contribution is 2.28. The predicted octanol–water partition coefficient (Wildman–Crippen LogP) is 4.80. The third-order valence-corrected chi connectivity index (χ3v) is 5.10. The van der Waals surface area contributed by atoms with Gasteiger partial charge in [-0.3, -0.25) is 4.79 Å². The number of nitrogens with zero attached hydrogens (tertiary/aromatic N) is 4. The van der Waals surface area contributed by atoms with E-state index in [2.05, 4.69) is 15.5 Å². The lowest BCUT2D eigenvalue weighted by Gasteiger charge is -2.12. The number of halogens is 1. The van der Waals surface area contributed by atoms with Gasteiger partial charge < -0.3 is 14.5 Å². The van der Waals surface area contributed by atoms with Crippen molar-refractivity contribution in [1.29, 1.82) is 0 Å². The summed E-state index contributed by atoms with van der Waals surface area (Å²) in [6, 6.07) is 17.0. The van der Waals surface area contributed by atoms with Crippen LogP contribution in [0.3, 0.4) is 0 Å². The zero-order valence-corrected chi connectivity index (χ0v) is 17.1. The van der Waals surface area contributed by atoms with Gasteiger partial charge in [0, 0.05) is 34.7 Å². The Labute approximate surface area is 173 Å². The van der Waals surface area contributed by atoms with Crippen LogP contribution in [0.2, 0.25) is 5.02 Å². The first kappa shape index (κ1) is 19.0. The molecule has 0 spiro atoms. The summed E-state index contributed by atoms with van der Waals surface area (Å²) in [6.07, 6.45) is 1.63. The van der Waals surface area contributed by atoms with Crippen LogP contribution in [0.15, 0.2) is 60.9 Å². The number of anilines is 1. The van der Waals surface area contributed by atoms with Crippen molar-refractivity contribution in [3.05, 3.63) is 82.9 Å². The van der Waals surface area contributed by atoms with Gasteiger partial charge in [0.2, 0.25) is 0 Å². The van der Waals surface area contributed by atoms with Crippen LogP contribution in [0.1, 0.15) is 21.7 Å². The number of hydrogen-bond donors (Lipinski definition) is 1. The number of amides is 1. The molecular formula is C22H20ClN5O. The molecule has 0 aliphatic carbocycles. The number of nitrogens with one attached hydrogen (secondary N) is 1. The van der Waals surface area contributed by atoms with Crippen LogP contribution in [0.5, 0.6) is 0 Å². The van der Waals surface area contributed by atoms with Gasteiger partial charge in [0.15, 0.2) is 5.82 Å². The van der Waals surface area contributed by atoms with Crippen LogP contribution < -0.4 is 5.32 Å². The number of aromatic nitrogens is 4. The molecule has 0 unspecified atom stereocenters. The minimum atomic E-state index is -0.180. The standard InChI is InChI=1S/C22H20ClN5O/c1-14-11-19(15(2)28(14)17-8-6-7-16(23)12-17)22(29)25-20-10-5-4-9-18(20)21-26-24-13-27(21)3/h4-13H,1-3H3,(H,25,29). The smallest absolute Gasteiger partial charge is 0.257 e. The molecule has 1 amide bonds. The number of benzene rings is 2. The number of para-hydroxylation sites is 1. The zero-order valence-electron chi connectivity index (χ0n) is 16.3. The number of rotatable bonds is 4. The largest absolute Gasteiger partial charge is 0.321 e. The summed E-state index contributed by atoms with van der Waals surface area (Å²) >= 11 is 6.15. The van der Waals surface area contributed by atoms with Crippen LogP contribution in [-0.2, 0) is 7.05 Å². The molecule has 7 heteroatoms. The van der Waals surface area contributed by atoms with Crippen molar-refractivity contribution in [2.45, 2.75) is 13.8 Å². The van der Waals surface area contributed by atoms with Gasteiger partial charge in [-0.15, -0.1) is 10.2 Å². The first-order chi connectivity index (χ1) is 14.0. The van der Waals surface area contributed by atoms with E-state index in [1.54, 1.807) is 6.33 Å². The number of carbonyl (C=O) groups is 1. The molecule has 6 nitrogen and oxygen atoms in total. The van der Waals surface area contributed by atoms with Gasteiger partial charge in [-0.1, -0.05) is 29.8 Å². The topological polar surface area (TPSA) is 64.7 Å².